The summed E-state index contributed by atoms with van der Waals surface area (Å²) >= 11 is 0. The number of benzene rings is 2. The number of nitriles is 1. The zero-order chi connectivity index (χ0) is 18.2. The second-order valence-electron chi connectivity index (χ2n) is 5.08. The van der Waals surface area contributed by atoms with Gasteiger partial charge in [-0.2, -0.15) is 5.26 Å². The first-order valence-corrected chi connectivity index (χ1v) is 7.33. The Morgan fingerprint density at radius 3 is 2.40 bits per heavy atom. The van der Waals surface area contributed by atoms with E-state index in [1.807, 2.05) is 6.07 Å². The topological polar surface area (TPSA) is 108 Å². The monoisotopic (exact) mass is 337 g/mol. The Morgan fingerprint density at radius 1 is 1.04 bits per heavy atom. The molecule has 2 amide bonds. The lowest BCUT2D eigenvalue weighted by Crippen LogP contribution is -2.21. The number of nitrogens with zero attached hydrogens (tertiary/aromatic N) is 1. The first-order chi connectivity index (χ1) is 12.0. The van der Waals surface area contributed by atoms with Gasteiger partial charge in [0, 0.05) is 18.3 Å². The van der Waals surface area contributed by atoms with E-state index in [2.05, 4.69) is 10.6 Å². The van der Waals surface area contributed by atoms with Gasteiger partial charge in [-0.3, -0.25) is 9.59 Å². The highest BCUT2D eigenvalue weighted by molar-refractivity contribution is 5.96. The summed E-state index contributed by atoms with van der Waals surface area (Å²) in [5.41, 5.74) is 1.67. The molecule has 0 aliphatic rings. The summed E-state index contributed by atoms with van der Waals surface area (Å²) in [5.74, 6) is -1.39. The van der Waals surface area contributed by atoms with Gasteiger partial charge in [-0.25, -0.2) is 4.79 Å². The van der Waals surface area contributed by atoms with Crippen molar-refractivity contribution in [2.24, 2.45) is 0 Å². The number of hydrogen-bond acceptors (Lipinski definition) is 5. The van der Waals surface area contributed by atoms with E-state index in [1.165, 1.54) is 25.1 Å². The third-order valence-corrected chi connectivity index (χ3v) is 3.05. The molecule has 0 fully saturated rings. The van der Waals surface area contributed by atoms with Crippen LogP contribution in [0.4, 0.5) is 11.4 Å². The van der Waals surface area contributed by atoms with Gasteiger partial charge in [-0.15, -0.1) is 0 Å². The summed E-state index contributed by atoms with van der Waals surface area (Å²) in [5, 5.41) is 13.9. The fourth-order valence-corrected chi connectivity index (χ4v) is 1.97. The van der Waals surface area contributed by atoms with E-state index in [4.69, 9.17) is 10.00 Å². The van der Waals surface area contributed by atoms with Crippen molar-refractivity contribution >= 4 is 29.2 Å². The number of carbonyl (C=O) groups is 3. The summed E-state index contributed by atoms with van der Waals surface area (Å²) < 4.78 is 4.94. The normalized spacial score (nSPS) is 9.60. The van der Waals surface area contributed by atoms with E-state index in [9.17, 15) is 14.4 Å². The zero-order valence-corrected chi connectivity index (χ0v) is 13.4. The molecule has 2 aromatic rings. The molecule has 0 aliphatic heterocycles. The maximum absolute atomic E-state index is 11.9. The molecule has 0 saturated heterocycles. The second kappa shape index (κ2) is 8.26. The average molecular weight is 337 g/mol. The van der Waals surface area contributed by atoms with E-state index in [0.717, 1.165) is 0 Å². The number of anilines is 2. The van der Waals surface area contributed by atoms with E-state index in [1.54, 1.807) is 30.3 Å². The SMILES string of the molecule is CC(=O)Nc1ccc(C(=O)OCC(=O)Nc2cccc(C#N)c2)cc1. The molecule has 7 heteroatoms. The van der Waals surface area contributed by atoms with Crippen molar-refractivity contribution in [1.29, 1.82) is 5.26 Å². The first kappa shape index (κ1) is 17.7. The minimum absolute atomic E-state index is 0.215. The van der Waals surface area contributed by atoms with E-state index >= 15 is 0 Å². The van der Waals surface area contributed by atoms with E-state index < -0.39 is 18.5 Å². The van der Waals surface area contributed by atoms with Gasteiger partial charge in [-0.05, 0) is 42.5 Å². The predicted molar refractivity (Wildman–Crippen MR) is 90.8 cm³/mol. The van der Waals surface area contributed by atoms with Crippen LogP contribution in [0.15, 0.2) is 48.5 Å². The van der Waals surface area contributed by atoms with Gasteiger partial charge in [0.2, 0.25) is 5.91 Å². The highest BCUT2D eigenvalue weighted by Crippen LogP contribution is 2.11. The maximum Gasteiger partial charge on any atom is 0.338 e. The zero-order valence-electron chi connectivity index (χ0n) is 13.4. The number of ether oxygens (including phenoxy) is 1. The molecule has 7 nitrogen and oxygen atoms in total. The maximum atomic E-state index is 11.9. The van der Waals surface area contributed by atoms with Crippen molar-refractivity contribution in [3.8, 4) is 6.07 Å². The van der Waals surface area contributed by atoms with Gasteiger partial charge in [0.25, 0.3) is 5.91 Å². The van der Waals surface area contributed by atoms with Crippen molar-refractivity contribution in [3.63, 3.8) is 0 Å². The number of amides is 2. The quantitative estimate of drug-likeness (QED) is 0.814. The Balaban J connectivity index is 1.87. The fourth-order valence-electron chi connectivity index (χ4n) is 1.97. The highest BCUT2D eigenvalue weighted by Gasteiger charge is 2.11. The van der Waals surface area contributed by atoms with Crippen LogP contribution in [-0.2, 0) is 14.3 Å². The smallest absolute Gasteiger partial charge is 0.338 e. The number of nitrogens with one attached hydrogen (secondary N) is 2. The molecule has 0 aromatic heterocycles. The summed E-state index contributed by atoms with van der Waals surface area (Å²) in [7, 11) is 0. The second-order valence-corrected chi connectivity index (χ2v) is 5.08. The van der Waals surface area contributed by atoms with Crippen LogP contribution < -0.4 is 10.6 Å². The van der Waals surface area contributed by atoms with Crippen LogP contribution in [0.2, 0.25) is 0 Å². The van der Waals surface area contributed by atoms with Crippen LogP contribution in [-0.4, -0.2) is 24.4 Å². The van der Waals surface area contributed by atoms with Crippen LogP contribution in [0, 0.1) is 11.3 Å². The number of esters is 1. The molecule has 126 valence electrons. The van der Waals surface area contributed by atoms with Crippen molar-refractivity contribution in [3.05, 3.63) is 59.7 Å². The Morgan fingerprint density at radius 2 is 1.76 bits per heavy atom. The molecule has 0 saturated carbocycles. The third-order valence-electron chi connectivity index (χ3n) is 3.05. The lowest BCUT2D eigenvalue weighted by molar-refractivity contribution is -0.119. The minimum atomic E-state index is -0.657. The third kappa shape index (κ3) is 5.48. The molecular weight excluding hydrogens is 322 g/mol. The van der Waals surface area contributed by atoms with Gasteiger partial charge in [0.05, 0.1) is 17.2 Å². The lowest BCUT2D eigenvalue weighted by atomic mass is 10.2. The molecule has 2 N–H and O–H groups in total. The fraction of sp³-hybridized carbons (Fsp3) is 0.111. The molecule has 0 heterocycles. The molecule has 2 aromatic carbocycles. The van der Waals surface area contributed by atoms with Crippen molar-refractivity contribution in [2.45, 2.75) is 6.92 Å². The van der Waals surface area contributed by atoms with Crippen LogP contribution >= 0.6 is 0 Å². The Kier molecular flexibility index (Phi) is 5.85. The molecule has 0 bridgehead atoms. The number of rotatable bonds is 5. The Hall–Kier alpha value is -3.66. The summed E-state index contributed by atoms with van der Waals surface area (Å²) in [4.78, 5) is 34.6. The Labute approximate surface area is 144 Å². The van der Waals surface area contributed by atoms with E-state index in [-0.39, 0.29) is 11.5 Å². The van der Waals surface area contributed by atoms with Gasteiger partial charge in [-0.1, -0.05) is 6.07 Å². The van der Waals surface area contributed by atoms with Crippen LogP contribution in [0.25, 0.3) is 0 Å². The molecule has 0 unspecified atom stereocenters. The number of hydrogen-bond donors (Lipinski definition) is 2. The largest absolute Gasteiger partial charge is 0.452 e. The van der Waals surface area contributed by atoms with Gasteiger partial charge in [0.15, 0.2) is 6.61 Å². The summed E-state index contributed by atoms with van der Waals surface area (Å²) in [6.45, 7) is 0.927. The summed E-state index contributed by atoms with van der Waals surface area (Å²) in [6.07, 6.45) is 0. The molecule has 0 aliphatic carbocycles. The molecule has 25 heavy (non-hydrogen) atoms. The van der Waals surface area contributed by atoms with Crippen LogP contribution in [0.1, 0.15) is 22.8 Å². The molecular formula is C18H15N3O4. The molecule has 0 atom stereocenters. The minimum Gasteiger partial charge on any atom is -0.452 e. The predicted octanol–water partition coefficient (Wildman–Crippen LogP) is 2.31. The van der Waals surface area contributed by atoms with Crippen molar-refractivity contribution in [1.82, 2.24) is 0 Å². The lowest BCUT2D eigenvalue weighted by Gasteiger charge is -2.07. The average Bonchev–Trinajstić information content (AvgIpc) is 2.60. The van der Waals surface area contributed by atoms with E-state index in [0.29, 0.717) is 16.9 Å². The molecule has 0 spiro atoms. The van der Waals surface area contributed by atoms with Gasteiger partial charge < -0.3 is 15.4 Å². The Bertz CT molecular complexity index is 838. The van der Waals surface area contributed by atoms with Gasteiger partial charge in [0.1, 0.15) is 0 Å². The van der Waals surface area contributed by atoms with Gasteiger partial charge >= 0.3 is 5.97 Å². The van der Waals surface area contributed by atoms with Crippen molar-refractivity contribution in [2.75, 3.05) is 17.2 Å². The standard InChI is InChI=1S/C18H15N3O4/c1-12(22)20-15-7-5-14(6-8-15)18(24)25-11-17(23)21-16-4-2-3-13(9-16)10-19/h2-9H,11H2,1H3,(H,20,22)(H,21,23). The molecule has 0 radical (unpaired) electrons. The van der Waals surface area contributed by atoms with Crippen molar-refractivity contribution < 1.29 is 19.1 Å². The van der Waals surface area contributed by atoms with Crippen LogP contribution in [0.5, 0.6) is 0 Å². The molecule has 2 rings (SSSR count). The highest BCUT2D eigenvalue weighted by atomic mass is 16.5. The summed E-state index contributed by atoms with van der Waals surface area (Å²) in [6, 6.07) is 14.5. The van der Waals surface area contributed by atoms with Crippen LogP contribution in [0.3, 0.4) is 0 Å². The first-order valence-electron chi connectivity index (χ1n) is 7.33. The number of carbonyl (C=O) groups excluding carboxylic acids is 3.